The fourth-order valence-corrected chi connectivity index (χ4v) is 3.93. The molecule has 1 heterocycles. The van der Waals surface area contributed by atoms with E-state index in [9.17, 15) is 8.42 Å². The van der Waals surface area contributed by atoms with Crippen LogP contribution in [0.3, 0.4) is 0 Å². The average Bonchev–Trinajstić information content (AvgIpc) is 2.67. The molecule has 1 fully saturated rings. The van der Waals surface area contributed by atoms with E-state index in [1.54, 1.807) is 0 Å². The molecule has 1 aromatic carbocycles. The smallest absolute Gasteiger partial charge is 0.150 e. The van der Waals surface area contributed by atoms with Crippen molar-refractivity contribution in [3.8, 4) is 5.75 Å². The van der Waals surface area contributed by atoms with E-state index in [0.717, 1.165) is 11.3 Å². The molecule has 1 aliphatic heterocycles. The molecule has 1 atom stereocenters. The zero-order chi connectivity index (χ0) is 12.3. The first-order valence-electron chi connectivity index (χ1n) is 5.74. The molecule has 0 aromatic heterocycles. The summed E-state index contributed by atoms with van der Waals surface area (Å²) in [6.45, 7) is 0.910. The van der Waals surface area contributed by atoms with Crippen molar-refractivity contribution in [2.45, 2.75) is 12.3 Å². The van der Waals surface area contributed by atoms with E-state index in [0.29, 0.717) is 19.6 Å². The molecule has 1 saturated heterocycles. The van der Waals surface area contributed by atoms with Crippen LogP contribution in [0.2, 0.25) is 0 Å². The standard InChI is InChI=1S/C12H17NO3S/c13-6-7-16-12-4-2-1-3-11(12)10-5-8-17(14,15)9-10/h1-4,10H,5-9,13H2. The normalized spacial score (nSPS) is 22.5. The van der Waals surface area contributed by atoms with Crippen LogP contribution in [0.5, 0.6) is 5.75 Å². The molecule has 1 aliphatic rings. The molecule has 0 amide bonds. The van der Waals surface area contributed by atoms with Crippen molar-refractivity contribution in [1.29, 1.82) is 0 Å². The van der Waals surface area contributed by atoms with Crippen LogP contribution in [0.4, 0.5) is 0 Å². The van der Waals surface area contributed by atoms with E-state index in [4.69, 9.17) is 10.5 Å². The lowest BCUT2D eigenvalue weighted by Crippen LogP contribution is -2.12. The molecule has 17 heavy (non-hydrogen) atoms. The van der Waals surface area contributed by atoms with E-state index in [1.807, 2.05) is 24.3 Å². The Morgan fingerprint density at radius 2 is 2.12 bits per heavy atom. The summed E-state index contributed by atoms with van der Waals surface area (Å²) in [5.74, 6) is 1.34. The maximum Gasteiger partial charge on any atom is 0.150 e. The number of para-hydroxylation sites is 1. The lowest BCUT2D eigenvalue weighted by Gasteiger charge is -2.14. The van der Waals surface area contributed by atoms with Crippen molar-refractivity contribution < 1.29 is 13.2 Å². The van der Waals surface area contributed by atoms with Gasteiger partial charge in [-0.2, -0.15) is 0 Å². The Morgan fingerprint density at radius 3 is 2.76 bits per heavy atom. The van der Waals surface area contributed by atoms with Crippen LogP contribution < -0.4 is 10.5 Å². The lowest BCUT2D eigenvalue weighted by atomic mass is 9.98. The van der Waals surface area contributed by atoms with Crippen LogP contribution in [0.15, 0.2) is 24.3 Å². The quantitative estimate of drug-likeness (QED) is 0.869. The highest BCUT2D eigenvalue weighted by Crippen LogP contribution is 2.34. The van der Waals surface area contributed by atoms with E-state index < -0.39 is 9.84 Å². The fourth-order valence-electron chi connectivity index (χ4n) is 2.16. The van der Waals surface area contributed by atoms with Gasteiger partial charge in [-0.1, -0.05) is 18.2 Å². The van der Waals surface area contributed by atoms with Gasteiger partial charge in [0.2, 0.25) is 0 Å². The van der Waals surface area contributed by atoms with Gasteiger partial charge in [0.15, 0.2) is 9.84 Å². The summed E-state index contributed by atoms with van der Waals surface area (Å²) in [5, 5.41) is 0. The summed E-state index contributed by atoms with van der Waals surface area (Å²) < 4.78 is 28.5. The van der Waals surface area contributed by atoms with Gasteiger partial charge in [0.1, 0.15) is 12.4 Å². The number of sulfone groups is 1. The van der Waals surface area contributed by atoms with Crippen LogP contribution in [0.25, 0.3) is 0 Å². The van der Waals surface area contributed by atoms with Gasteiger partial charge in [0.25, 0.3) is 0 Å². The van der Waals surface area contributed by atoms with Gasteiger partial charge in [-0.25, -0.2) is 8.42 Å². The third-order valence-corrected chi connectivity index (χ3v) is 4.73. The monoisotopic (exact) mass is 255 g/mol. The molecular weight excluding hydrogens is 238 g/mol. The molecule has 94 valence electrons. The molecule has 4 nitrogen and oxygen atoms in total. The molecule has 0 saturated carbocycles. The van der Waals surface area contributed by atoms with Crippen LogP contribution in [0.1, 0.15) is 17.9 Å². The van der Waals surface area contributed by atoms with E-state index in [2.05, 4.69) is 0 Å². The number of hydrogen-bond acceptors (Lipinski definition) is 4. The number of rotatable bonds is 4. The first kappa shape index (κ1) is 12.4. The number of nitrogens with two attached hydrogens (primary N) is 1. The molecule has 0 spiro atoms. The topological polar surface area (TPSA) is 69.4 Å². The Balaban J connectivity index is 2.20. The van der Waals surface area contributed by atoms with Crippen molar-refractivity contribution in [3.05, 3.63) is 29.8 Å². The molecule has 1 aromatic rings. The van der Waals surface area contributed by atoms with Gasteiger partial charge in [-0.3, -0.25) is 0 Å². The zero-order valence-corrected chi connectivity index (χ0v) is 10.4. The average molecular weight is 255 g/mol. The third kappa shape index (κ3) is 2.98. The SMILES string of the molecule is NCCOc1ccccc1C1CCS(=O)(=O)C1. The Labute approximate surface area is 102 Å². The van der Waals surface area contributed by atoms with Crippen molar-refractivity contribution in [2.75, 3.05) is 24.7 Å². The van der Waals surface area contributed by atoms with Gasteiger partial charge < -0.3 is 10.5 Å². The minimum absolute atomic E-state index is 0.0639. The second-order valence-electron chi connectivity index (χ2n) is 4.27. The lowest BCUT2D eigenvalue weighted by molar-refractivity contribution is 0.323. The van der Waals surface area contributed by atoms with Crippen molar-refractivity contribution in [2.24, 2.45) is 5.73 Å². The number of benzene rings is 1. The Kier molecular flexibility index (Phi) is 3.69. The zero-order valence-electron chi connectivity index (χ0n) is 9.63. The molecule has 2 rings (SSSR count). The summed E-state index contributed by atoms with van der Waals surface area (Å²) in [6, 6.07) is 7.61. The maximum atomic E-state index is 11.5. The van der Waals surface area contributed by atoms with Crippen molar-refractivity contribution in [1.82, 2.24) is 0 Å². The van der Waals surface area contributed by atoms with Crippen LogP contribution >= 0.6 is 0 Å². The Hall–Kier alpha value is -1.07. The van der Waals surface area contributed by atoms with E-state index in [1.165, 1.54) is 0 Å². The Morgan fingerprint density at radius 1 is 1.35 bits per heavy atom. The van der Waals surface area contributed by atoms with Crippen LogP contribution in [-0.4, -0.2) is 33.1 Å². The predicted molar refractivity (Wildman–Crippen MR) is 67.0 cm³/mol. The van der Waals surface area contributed by atoms with Crippen molar-refractivity contribution >= 4 is 9.84 Å². The fraction of sp³-hybridized carbons (Fsp3) is 0.500. The first-order valence-corrected chi connectivity index (χ1v) is 7.57. The summed E-state index contributed by atoms with van der Waals surface area (Å²) in [6.07, 6.45) is 0.686. The first-order chi connectivity index (χ1) is 8.12. The van der Waals surface area contributed by atoms with Gasteiger partial charge >= 0.3 is 0 Å². The minimum atomic E-state index is -2.86. The molecule has 0 aliphatic carbocycles. The van der Waals surface area contributed by atoms with Gasteiger partial charge in [-0.15, -0.1) is 0 Å². The summed E-state index contributed by atoms with van der Waals surface area (Å²) >= 11 is 0. The molecular formula is C12H17NO3S. The van der Waals surface area contributed by atoms with Crippen LogP contribution in [0, 0.1) is 0 Å². The minimum Gasteiger partial charge on any atom is -0.492 e. The molecule has 0 radical (unpaired) electrons. The molecule has 5 heteroatoms. The molecule has 1 unspecified atom stereocenters. The predicted octanol–water partition coefficient (Wildman–Crippen LogP) is 0.926. The Bertz CT molecular complexity index is 484. The summed E-state index contributed by atoms with van der Waals surface area (Å²) in [7, 11) is -2.86. The maximum absolute atomic E-state index is 11.5. The number of ether oxygens (including phenoxy) is 1. The largest absolute Gasteiger partial charge is 0.492 e. The molecule has 2 N–H and O–H groups in total. The molecule has 0 bridgehead atoms. The third-order valence-electron chi connectivity index (χ3n) is 2.97. The second-order valence-corrected chi connectivity index (χ2v) is 6.50. The van der Waals surface area contributed by atoms with E-state index in [-0.39, 0.29) is 17.4 Å². The highest BCUT2D eigenvalue weighted by Gasteiger charge is 2.30. The van der Waals surface area contributed by atoms with Crippen LogP contribution in [-0.2, 0) is 9.84 Å². The van der Waals surface area contributed by atoms with E-state index >= 15 is 0 Å². The summed E-state index contributed by atoms with van der Waals surface area (Å²) in [4.78, 5) is 0. The highest BCUT2D eigenvalue weighted by molar-refractivity contribution is 7.91. The van der Waals surface area contributed by atoms with Gasteiger partial charge in [-0.05, 0) is 18.1 Å². The highest BCUT2D eigenvalue weighted by atomic mass is 32.2. The second kappa shape index (κ2) is 5.06. The summed E-state index contributed by atoms with van der Waals surface area (Å²) in [5.41, 5.74) is 6.39. The van der Waals surface area contributed by atoms with Gasteiger partial charge in [0.05, 0.1) is 11.5 Å². The van der Waals surface area contributed by atoms with Crippen molar-refractivity contribution in [3.63, 3.8) is 0 Å². The number of hydrogen-bond donors (Lipinski definition) is 1. The van der Waals surface area contributed by atoms with Gasteiger partial charge in [0, 0.05) is 12.5 Å².